The molecule has 0 saturated carbocycles. The first-order valence-electron chi connectivity index (χ1n) is 11.1. The lowest BCUT2D eigenvalue weighted by Gasteiger charge is -2.27. The average molecular weight is 450 g/mol. The zero-order chi connectivity index (χ0) is 23.4. The molecule has 1 aromatic heterocycles. The van der Waals surface area contributed by atoms with Crippen molar-refractivity contribution in [3.63, 3.8) is 0 Å². The highest BCUT2D eigenvalue weighted by Gasteiger charge is 2.40. The van der Waals surface area contributed by atoms with Gasteiger partial charge in [-0.25, -0.2) is 9.07 Å². The predicted octanol–water partition coefficient (Wildman–Crippen LogP) is 3.25. The van der Waals surface area contributed by atoms with E-state index in [2.05, 4.69) is 41.6 Å². The van der Waals surface area contributed by atoms with Gasteiger partial charge < -0.3 is 10.2 Å². The molecule has 0 spiro atoms. The molecule has 0 aliphatic carbocycles. The molecule has 0 unspecified atom stereocenters. The van der Waals surface area contributed by atoms with E-state index in [1.54, 1.807) is 6.20 Å². The number of nitrogens with zero attached hydrogens (tertiary/aromatic N) is 4. The molecule has 33 heavy (non-hydrogen) atoms. The van der Waals surface area contributed by atoms with Gasteiger partial charge in [-0.3, -0.25) is 9.59 Å². The van der Waals surface area contributed by atoms with Crippen molar-refractivity contribution < 1.29 is 14.0 Å². The smallest absolute Gasteiger partial charge is 0.245 e. The van der Waals surface area contributed by atoms with E-state index in [0.717, 1.165) is 11.1 Å². The summed E-state index contributed by atoms with van der Waals surface area (Å²) >= 11 is 0. The Morgan fingerprint density at radius 3 is 2.36 bits per heavy atom. The molecular weight excluding hydrogens is 421 g/mol. The van der Waals surface area contributed by atoms with Gasteiger partial charge in [-0.05, 0) is 22.6 Å². The first-order valence-corrected chi connectivity index (χ1v) is 11.1. The van der Waals surface area contributed by atoms with Crippen molar-refractivity contribution in [1.82, 2.24) is 25.2 Å². The van der Waals surface area contributed by atoms with E-state index in [1.165, 1.54) is 21.3 Å². The van der Waals surface area contributed by atoms with Crippen molar-refractivity contribution in [3.05, 3.63) is 83.7 Å². The number of carbonyl (C=O) groups is 2. The van der Waals surface area contributed by atoms with Gasteiger partial charge in [-0.15, -0.1) is 5.10 Å². The summed E-state index contributed by atoms with van der Waals surface area (Å²) in [6.45, 7) is 4.06. The number of aromatic nitrogens is 3. The Morgan fingerprint density at radius 2 is 1.73 bits per heavy atom. The molecule has 2 heterocycles. The Bertz CT molecular complexity index is 1070. The molecule has 1 saturated heterocycles. The van der Waals surface area contributed by atoms with E-state index in [1.807, 2.05) is 42.5 Å². The van der Waals surface area contributed by atoms with E-state index in [9.17, 15) is 14.0 Å². The van der Waals surface area contributed by atoms with Gasteiger partial charge in [-0.2, -0.15) is 0 Å². The molecule has 1 aliphatic heterocycles. The summed E-state index contributed by atoms with van der Waals surface area (Å²) < 4.78 is 15.7. The van der Waals surface area contributed by atoms with Crippen LogP contribution in [0.4, 0.5) is 4.39 Å². The Kier molecular flexibility index (Phi) is 6.82. The first-order chi connectivity index (χ1) is 15.9. The van der Waals surface area contributed by atoms with Crippen LogP contribution in [0.5, 0.6) is 0 Å². The van der Waals surface area contributed by atoms with Gasteiger partial charge in [-0.1, -0.05) is 73.7 Å². The zero-order valence-corrected chi connectivity index (χ0v) is 18.8. The van der Waals surface area contributed by atoms with E-state index in [-0.39, 0.29) is 31.3 Å². The third-order valence-electron chi connectivity index (χ3n) is 6.00. The van der Waals surface area contributed by atoms with Gasteiger partial charge in [0.2, 0.25) is 11.8 Å². The third-order valence-corrected chi connectivity index (χ3v) is 6.00. The lowest BCUT2D eigenvalue weighted by molar-refractivity contribution is -0.139. The second-order valence-corrected chi connectivity index (χ2v) is 8.67. The number of nitrogens with one attached hydrogen (secondary N) is 1. The van der Waals surface area contributed by atoms with Crippen LogP contribution in [0.3, 0.4) is 0 Å². The maximum Gasteiger partial charge on any atom is 0.245 e. The molecule has 1 fully saturated rings. The maximum absolute atomic E-state index is 14.3. The summed E-state index contributed by atoms with van der Waals surface area (Å²) in [6, 6.07) is 16.5. The molecule has 0 radical (unpaired) electrons. The largest absolute Gasteiger partial charge is 0.343 e. The van der Waals surface area contributed by atoms with Crippen LogP contribution in [-0.2, 0) is 16.1 Å². The van der Waals surface area contributed by atoms with Gasteiger partial charge in [0, 0.05) is 12.6 Å². The highest BCUT2D eigenvalue weighted by Crippen LogP contribution is 2.27. The first kappa shape index (κ1) is 22.6. The van der Waals surface area contributed by atoms with Crippen molar-refractivity contribution in [3.8, 4) is 0 Å². The summed E-state index contributed by atoms with van der Waals surface area (Å²) in [6.07, 6.45) is 1.75. The quantitative estimate of drug-likeness (QED) is 0.601. The van der Waals surface area contributed by atoms with Gasteiger partial charge >= 0.3 is 0 Å². The minimum atomic E-state index is -1.25. The van der Waals surface area contributed by atoms with Crippen LogP contribution in [0.25, 0.3) is 0 Å². The van der Waals surface area contributed by atoms with Crippen molar-refractivity contribution in [1.29, 1.82) is 0 Å². The monoisotopic (exact) mass is 449 g/mol. The molecule has 8 heteroatoms. The number of hydrogen-bond donors (Lipinski definition) is 1. The van der Waals surface area contributed by atoms with E-state index < -0.39 is 18.3 Å². The summed E-state index contributed by atoms with van der Waals surface area (Å²) in [4.78, 5) is 27.4. The van der Waals surface area contributed by atoms with Crippen LogP contribution in [0, 0.1) is 0 Å². The van der Waals surface area contributed by atoms with Crippen LogP contribution in [0.15, 0.2) is 67.0 Å². The molecule has 0 bridgehead atoms. The number of likely N-dealkylation sites (tertiary alicyclic amines) is 1. The number of hydrogen-bond acceptors (Lipinski definition) is 4. The maximum atomic E-state index is 14.3. The summed E-state index contributed by atoms with van der Waals surface area (Å²) in [5, 5.41) is 10.5. The van der Waals surface area contributed by atoms with Gasteiger partial charge in [0.15, 0.2) is 0 Å². The average Bonchev–Trinajstić information content (AvgIpc) is 3.47. The predicted molar refractivity (Wildman–Crippen MR) is 122 cm³/mol. The molecular formula is C25H28FN5O2. The third kappa shape index (κ3) is 5.27. The van der Waals surface area contributed by atoms with Crippen molar-refractivity contribution in [2.75, 3.05) is 6.54 Å². The van der Waals surface area contributed by atoms with Gasteiger partial charge in [0.1, 0.15) is 18.8 Å². The number of halogens is 1. The molecule has 2 amide bonds. The normalized spacial score (nSPS) is 19.0. The van der Waals surface area contributed by atoms with Gasteiger partial charge in [0.25, 0.3) is 0 Å². The van der Waals surface area contributed by atoms with E-state index >= 15 is 0 Å². The van der Waals surface area contributed by atoms with Crippen LogP contribution in [-0.4, -0.2) is 50.5 Å². The van der Waals surface area contributed by atoms with Crippen LogP contribution in [0.1, 0.15) is 48.9 Å². The number of benzene rings is 2. The fourth-order valence-electron chi connectivity index (χ4n) is 4.17. The molecule has 3 atom stereocenters. The summed E-state index contributed by atoms with van der Waals surface area (Å²) in [5.41, 5.74) is 3.05. The molecule has 3 aromatic rings. The second kappa shape index (κ2) is 9.94. The van der Waals surface area contributed by atoms with E-state index in [4.69, 9.17) is 0 Å². The standard InChI is InChI=1S/C25H28FN5O2/c1-17(2)18-8-10-20(11-9-18)24(19-6-4-3-5-7-19)28-25(33)22-14-21(26)15-31(22)23(32)16-30-13-12-27-29-30/h3-13,17,21-22,24H,14-16H2,1-2H3,(H,28,33)/t21-,22+,24+/m1/s1. The molecule has 7 nitrogen and oxygen atoms in total. The summed E-state index contributed by atoms with van der Waals surface area (Å²) in [7, 11) is 0. The SMILES string of the molecule is CC(C)c1ccc([C@@H](NC(=O)[C@@H]2C[C@@H](F)CN2C(=O)Cn2ccnn2)c2ccccc2)cc1. The van der Waals surface area contributed by atoms with Crippen molar-refractivity contribution >= 4 is 11.8 Å². The Labute approximate surface area is 192 Å². The minimum Gasteiger partial charge on any atom is -0.343 e. The number of amides is 2. The number of alkyl halides is 1. The van der Waals surface area contributed by atoms with Crippen molar-refractivity contribution in [2.24, 2.45) is 0 Å². The summed E-state index contributed by atoms with van der Waals surface area (Å²) in [5.74, 6) is -0.337. The molecule has 2 aromatic carbocycles. The van der Waals surface area contributed by atoms with Crippen molar-refractivity contribution in [2.45, 2.75) is 51.0 Å². The van der Waals surface area contributed by atoms with Crippen LogP contribution < -0.4 is 5.32 Å². The zero-order valence-electron chi connectivity index (χ0n) is 18.8. The highest BCUT2D eigenvalue weighted by atomic mass is 19.1. The molecule has 1 N–H and O–H groups in total. The number of carbonyl (C=O) groups excluding carboxylic acids is 2. The minimum absolute atomic E-state index is 0.0251. The molecule has 172 valence electrons. The Hall–Kier alpha value is -3.55. The fraction of sp³-hybridized carbons (Fsp3) is 0.360. The van der Waals surface area contributed by atoms with Gasteiger partial charge in [0.05, 0.1) is 18.8 Å². The molecule has 1 aliphatic rings. The van der Waals surface area contributed by atoms with Crippen LogP contribution in [0.2, 0.25) is 0 Å². The Balaban J connectivity index is 1.56. The lowest BCUT2D eigenvalue weighted by atomic mass is 9.95. The second-order valence-electron chi connectivity index (χ2n) is 8.67. The topological polar surface area (TPSA) is 80.1 Å². The highest BCUT2D eigenvalue weighted by molar-refractivity contribution is 5.88. The number of rotatable bonds is 7. The lowest BCUT2D eigenvalue weighted by Crippen LogP contribution is -2.48. The van der Waals surface area contributed by atoms with Crippen LogP contribution >= 0.6 is 0 Å². The van der Waals surface area contributed by atoms with E-state index in [0.29, 0.717) is 5.92 Å². The Morgan fingerprint density at radius 1 is 1.06 bits per heavy atom. The fourth-order valence-corrected chi connectivity index (χ4v) is 4.17. The molecule has 4 rings (SSSR count).